The lowest BCUT2D eigenvalue weighted by molar-refractivity contribution is 0.0952. The van der Waals surface area contributed by atoms with Crippen molar-refractivity contribution in [2.45, 2.75) is 37.9 Å². The lowest BCUT2D eigenvalue weighted by atomic mass is 10.0. The number of carbonyl (C=O) groups is 1. The smallest absolute Gasteiger partial charge is 0.251 e. The summed E-state index contributed by atoms with van der Waals surface area (Å²) >= 11 is 3.50. The first-order valence-electron chi connectivity index (χ1n) is 6.15. The van der Waals surface area contributed by atoms with Gasteiger partial charge in [0.05, 0.1) is 0 Å². The zero-order valence-corrected chi connectivity index (χ0v) is 12.1. The molecule has 0 saturated carbocycles. The number of rotatable bonds is 6. The Bertz CT molecular complexity index is 363. The fraction of sp³-hybridized carbons (Fsp3) is 0.500. The molecule has 1 unspecified atom stereocenters. The van der Waals surface area contributed by atoms with Crippen LogP contribution in [-0.2, 0) is 6.42 Å². The summed E-state index contributed by atoms with van der Waals surface area (Å²) in [4.78, 5) is 12.5. The van der Waals surface area contributed by atoms with Crippen LogP contribution in [-0.4, -0.2) is 17.3 Å². The Balaban J connectivity index is 2.47. The predicted octanol–water partition coefficient (Wildman–Crippen LogP) is 3.54. The largest absolute Gasteiger partial charge is 0.352 e. The molecule has 0 aromatic heterocycles. The topological polar surface area (TPSA) is 29.1 Å². The van der Waals surface area contributed by atoms with Gasteiger partial charge in [0, 0.05) is 16.9 Å². The lowest BCUT2D eigenvalue weighted by Crippen LogP contribution is -2.25. The van der Waals surface area contributed by atoms with Gasteiger partial charge in [0.15, 0.2) is 0 Å². The zero-order valence-electron chi connectivity index (χ0n) is 10.5. The molecule has 1 rings (SSSR count). The van der Waals surface area contributed by atoms with Crippen LogP contribution in [0.4, 0.5) is 0 Å². The molecule has 3 heteroatoms. The fourth-order valence-corrected chi connectivity index (χ4v) is 2.05. The highest BCUT2D eigenvalue weighted by atomic mass is 79.9. The first kappa shape index (κ1) is 14.2. The van der Waals surface area contributed by atoms with Gasteiger partial charge in [0.25, 0.3) is 5.91 Å². The number of hydrogen-bond acceptors (Lipinski definition) is 1. The maximum Gasteiger partial charge on any atom is 0.251 e. The number of aryl methyl sites for hydroxylation is 1. The normalized spacial score (nSPS) is 12.2. The Kier molecular flexibility index (Phi) is 6.27. The maximum atomic E-state index is 11.9. The summed E-state index contributed by atoms with van der Waals surface area (Å²) < 4.78 is 0. The molecule has 0 aliphatic carbocycles. The second-order valence-electron chi connectivity index (χ2n) is 4.19. The minimum Gasteiger partial charge on any atom is -0.352 e. The number of benzene rings is 1. The van der Waals surface area contributed by atoms with Crippen molar-refractivity contribution >= 4 is 21.8 Å². The van der Waals surface area contributed by atoms with Crippen molar-refractivity contribution in [3.63, 3.8) is 0 Å². The van der Waals surface area contributed by atoms with Crippen molar-refractivity contribution in [2.24, 2.45) is 0 Å². The predicted molar refractivity (Wildman–Crippen MR) is 75.8 cm³/mol. The molecule has 0 fully saturated rings. The minimum absolute atomic E-state index is 0.0460. The SMILES string of the molecule is CCc1ccccc1C(=O)NCCCC(C)Br. The van der Waals surface area contributed by atoms with E-state index in [0.717, 1.165) is 36.9 Å². The number of amides is 1. The third-order valence-electron chi connectivity index (χ3n) is 2.71. The van der Waals surface area contributed by atoms with Crippen LogP contribution >= 0.6 is 15.9 Å². The third kappa shape index (κ3) is 4.90. The second kappa shape index (κ2) is 7.49. The van der Waals surface area contributed by atoms with E-state index in [-0.39, 0.29) is 5.91 Å². The molecule has 0 aliphatic rings. The first-order chi connectivity index (χ1) is 8.15. The Hall–Kier alpha value is -0.830. The second-order valence-corrected chi connectivity index (χ2v) is 5.75. The average Bonchev–Trinajstić information content (AvgIpc) is 2.34. The van der Waals surface area contributed by atoms with Crippen LogP contribution in [0, 0.1) is 0 Å². The van der Waals surface area contributed by atoms with E-state index in [1.165, 1.54) is 0 Å². The Labute approximate surface area is 112 Å². The third-order valence-corrected chi connectivity index (χ3v) is 3.16. The molecular formula is C14H20BrNO. The van der Waals surface area contributed by atoms with Crippen molar-refractivity contribution in [1.29, 1.82) is 0 Å². The molecule has 0 heterocycles. The van der Waals surface area contributed by atoms with Crippen LogP contribution < -0.4 is 5.32 Å². The lowest BCUT2D eigenvalue weighted by Gasteiger charge is -2.09. The van der Waals surface area contributed by atoms with Gasteiger partial charge in [-0.15, -0.1) is 0 Å². The van der Waals surface area contributed by atoms with E-state index < -0.39 is 0 Å². The van der Waals surface area contributed by atoms with Crippen LogP contribution in [0.25, 0.3) is 0 Å². The highest BCUT2D eigenvalue weighted by molar-refractivity contribution is 9.09. The van der Waals surface area contributed by atoms with E-state index in [1.807, 2.05) is 24.3 Å². The summed E-state index contributed by atoms with van der Waals surface area (Å²) in [7, 11) is 0. The van der Waals surface area contributed by atoms with E-state index in [4.69, 9.17) is 0 Å². The highest BCUT2D eigenvalue weighted by Crippen LogP contribution is 2.09. The number of alkyl halides is 1. The summed E-state index contributed by atoms with van der Waals surface area (Å²) in [6.45, 7) is 4.93. The summed E-state index contributed by atoms with van der Waals surface area (Å²) in [6.07, 6.45) is 2.98. The monoisotopic (exact) mass is 297 g/mol. The molecule has 0 radical (unpaired) electrons. The molecule has 17 heavy (non-hydrogen) atoms. The summed E-state index contributed by atoms with van der Waals surface area (Å²) in [5.41, 5.74) is 1.92. The van der Waals surface area contributed by atoms with Crippen molar-refractivity contribution in [3.05, 3.63) is 35.4 Å². The molecule has 0 spiro atoms. The van der Waals surface area contributed by atoms with Gasteiger partial charge in [-0.05, 0) is 30.9 Å². The van der Waals surface area contributed by atoms with Crippen molar-refractivity contribution in [2.75, 3.05) is 6.54 Å². The summed E-state index contributed by atoms with van der Waals surface area (Å²) in [5.74, 6) is 0.0460. The zero-order chi connectivity index (χ0) is 12.7. The summed E-state index contributed by atoms with van der Waals surface area (Å²) in [6, 6.07) is 7.79. The molecule has 1 aromatic rings. The number of nitrogens with one attached hydrogen (secondary N) is 1. The molecule has 0 bridgehead atoms. The van der Waals surface area contributed by atoms with Gasteiger partial charge in [0.1, 0.15) is 0 Å². The molecule has 0 saturated heterocycles. The van der Waals surface area contributed by atoms with Crippen molar-refractivity contribution in [3.8, 4) is 0 Å². The van der Waals surface area contributed by atoms with E-state index in [2.05, 4.69) is 35.1 Å². The number of carbonyl (C=O) groups excluding carboxylic acids is 1. The van der Waals surface area contributed by atoms with Gasteiger partial charge in [-0.3, -0.25) is 4.79 Å². The average molecular weight is 298 g/mol. The van der Waals surface area contributed by atoms with Crippen molar-refractivity contribution < 1.29 is 4.79 Å². The van der Waals surface area contributed by atoms with Gasteiger partial charge in [-0.25, -0.2) is 0 Å². The van der Waals surface area contributed by atoms with Crippen LogP contribution in [0.2, 0.25) is 0 Å². The Morgan fingerprint density at radius 1 is 1.41 bits per heavy atom. The highest BCUT2D eigenvalue weighted by Gasteiger charge is 2.08. The molecule has 0 aliphatic heterocycles. The van der Waals surface area contributed by atoms with Crippen LogP contribution in [0.3, 0.4) is 0 Å². The van der Waals surface area contributed by atoms with Gasteiger partial charge < -0.3 is 5.32 Å². The minimum atomic E-state index is 0.0460. The van der Waals surface area contributed by atoms with Gasteiger partial charge in [-0.1, -0.05) is 48.0 Å². The molecule has 1 atom stereocenters. The van der Waals surface area contributed by atoms with Gasteiger partial charge >= 0.3 is 0 Å². The van der Waals surface area contributed by atoms with Crippen LogP contribution in [0.5, 0.6) is 0 Å². The van der Waals surface area contributed by atoms with E-state index in [9.17, 15) is 4.79 Å². The Morgan fingerprint density at radius 2 is 2.12 bits per heavy atom. The standard InChI is InChI=1S/C14H20BrNO/c1-3-12-8-4-5-9-13(12)14(17)16-10-6-7-11(2)15/h4-5,8-9,11H,3,6-7,10H2,1-2H3,(H,16,17). The summed E-state index contributed by atoms with van der Waals surface area (Å²) in [5, 5.41) is 2.97. The molecular weight excluding hydrogens is 278 g/mol. The van der Waals surface area contributed by atoms with Gasteiger partial charge in [-0.2, -0.15) is 0 Å². The van der Waals surface area contributed by atoms with E-state index in [1.54, 1.807) is 0 Å². The first-order valence-corrected chi connectivity index (χ1v) is 7.07. The van der Waals surface area contributed by atoms with Crippen LogP contribution in [0.15, 0.2) is 24.3 Å². The van der Waals surface area contributed by atoms with Gasteiger partial charge in [0.2, 0.25) is 0 Å². The number of hydrogen-bond donors (Lipinski definition) is 1. The van der Waals surface area contributed by atoms with Crippen molar-refractivity contribution in [1.82, 2.24) is 5.32 Å². The molecule has 2 nitrogen and oxygen atoms in total. The van der Waals surface area contributed by atoms with Crippen LogP contribution in [0.1, 0.15) is 42.6 Å². The fourth-order valence-electron chi connectivity index (χ4n) is 1.73. The van der Waals surface area contributed by atoms with E-state index >= 15 is 0 Å². The quantitative estimate of drug-likeness (QED) is 0.631. The molecule has 1 N–H and O–H groups in total. The Morgan fingerprint density at radius 3 is 2.76 bits per heavy atom. The van der Waals surface area contributed by atoms with E-state index in [0.29, 0.717) is 4.83 Å². The maximum absolute atomic E-state index is 11.9. The molecule has 1 amide bonds. The number of halogens is 1. The molecule has 94 valence electrons. The molecule has 1 aromatic carbocycles.